The second-order valence-corrected chi connectivity index (χ2v) is 6.72. The second kappa shape index (κ2) is 4.05. The van der Waals surface area contributed by atoms with Crippen molar-refractivity contribution in [2.75, 3.05) is 6.26 Å². The van der Waals surface area contributed by atoms with Crippen LogP contribution in [-0.2, 0) is 20.0 Å². The highest BCUT2D eigenvalue weighted by Gasteiger charge is 2.48. The first-order chi connectivity index (χ1) is 8.26. The van der Waals surface area contributed by atoms with Crippen LogP contribution in [0.3, 0.4) is 0 Å². The van der Waals surface area contributed by atoms with Gasteiger partial charge in [-0.2, -0.15) is 0 Å². The maximum absolute atomic E-state index is 14.2. The van der Waals surface area contributed by atoms with Crippen LogP contribution in [0.5, 0.6) is 0 Å². The molecule has 0 unspecified atom stereocenters. The molecule has 0 radical (unpaired) electrons. The van der Waals surface area contributed by atoms with Crippen LogP contribution in [0, 0.1) is 5.82 Å². The molecule has 0 spiro atoms. The smallest absolute Gasteiger partial charge is 0.304 e. The van der Waals surface area contributed by atoms with Crippen LogP contribution in [0.25, 0.3) is 0 Å². The largest absolute Gasteiger partial charge is 0.481 e. The summed E-state index contributed by atoms with van der Waals surface area (Å²) < 4.78 is 37.0. The SMILES string of the molecule is CS(=O)(=O)c1cccc(C2(CC(=O)O)CC2)c1F. The van der Waals surface area contributed by atoms with Crippen LogP contribution in [0.2, 0.25) is 0 Å². The van der Waals surface area contributed by atoms with Crippen molar-refractivity contribution in [3.05, 3.63) is 29.6 Å². The third kappa shape index (κ3) is 2.25. The van der Waals surface area contributed by atoms with E-state index in [0.717, 1.165) is 6.26 Å². The first-order valence-electron chi connectivity index (χ1n) is 5.47. The van der Waals surface area contributed by atoms with Crippen LogP contribution in [-0.4, -0.2) is 25.7 Å². The summed E-state index contributed by atoms with van der Waals surface area (Å²) in [6.07, 6.45) is 1.91. The molecule has 4 nitrogen and oxygen atoms in total. The zero-order chi connectivity index (χ0) is 13.6. The van der Waals surface area contributed by atoms with Crippen LogP contribution in [0.1, 0.15) is 24.8 Å². The van der Waals surface area contributed by atoms with Crippen LogP contribution < -0.4 is 0 Å². The molecule has 1 aromatic carbocycles. The van der Waals surface area contributed by atoms with Crippen LogP contribution in [0.4, 0.5) is 4.39 Å². The Kier molecular flexibility index (Phi) is 2.93. The van der Waals surface area contributed by atoms with Gasteiger partial charge in [0, 0.05) is 11.7 Å². The van der Waals surface area contributed by atoms with Gasteiger partial charge in [-0.15, -0.1) is 0 Å². The fraction of sp³-hybridized carbons (Fsp3) is 0.417. The number of hydrogen-bond acceptors (Lipinski definition) is 3. The van der Waals surface area contributed by atoms with Gasteiger partial charge in [0.15, 0.2) is 9.84 Å². The number of rotatable bonds is 4. The molecule has 0 amide bonds. The number of sulfone groups is 1. The van der Waals surface area contributed by atoms with Gasteiger partial charge in [0.25, 0.3) is 0 Å². The van der Waals surface area contributed by atoms with Crippen molar-refractivity contribution in [1.82, 2.24) is 0 Å². The normalized spacial score (nSPS) is 17.4. The Bertz CT molecular complexity index is 603. The molecule has 0 atom stereocenters. The highest BCUT2D eigenvalue weighted by molar-refractivity contribution is 7.90. The number of benzene rings is 1. The Labute approximate surface area is 104 Å². The zero-order valence-electron chi connectivity index (χ0n) is 9.81. The lowest BCUT2D eigenvalue weighted by Crippen LogP contribution is -2.16. The van der Waals surface area contributed by atoms with Gasteiger partial charge >= 0.3 is 5.97 Å². The second-order valence-electron chi connectivity index (χ2n) is 4.74. The molecular weight excluding hydrogens is 259 g/mol. The summed E-state index contributed by atoms with van der Waals surface area (Å²) in [6, 6.07) is 4.13. The van der Waals surface area contributed by atoms with Gasteiger partial charge in [0.2, 0.25) is 0 Å². The third-order valence-electron chi connectivity index (χ3n) is 3.28. The summed E-state index contributed by atoms with van der Waals surface area (Å²) in [4.78, 5) is 10.4. The van der Waals surface area contributed by atoms with Crippen molar-refractivity contribution in [3.63, 3.8) is 0 Å². The molecule has 1 N–H and O–H groups in total. The molecule has 1 aliphatic carbocycles. The van der Waals surface area contributed by atoms with E-state index in [9.17, 15) is 17.6 Å². The fourth-order valence-corrected chi connectivity index (χ4v) is 2.95. The van der Waals surface area contributed by atoms with E-state index < -0.39 is 27.0 Å². The minimum absolute atomic E-state index is 0.170. The predicted octanol–water partition coefficient (Wildman–Crippen LogP) is 1.74. The standard InChI is InChI=1S/C12H13FO4S/c1-18(16,17)9-4-2-3-8(11(9)13)12(5-6-12)7-10(14)15/h2-4H,5-7H2,1H3,(H,14,15). The molecule has 1 aliphatic rings. The number of carboxylic acid groups (broad SMARTS) is 1. The molecule has 0 aliphatic heterocycles. The predicted molar refractivity (Wildman–Crippen MR) is 62.7 cm³/mol. The minimum atomic E-state index is -3.64. The Morgan fingerprint density at radius 1 is 1.44 bits per heavy atom. The van der Waals surface area contributed by atoms with Crippen molar-refractivity contribution in [2.45, 2.75) is 29.6 Å². The molecule has 98 valence electrons. The van der Waals surface area contributed by atoms with Gasteiger partial charge < -0.3 is 5.11 Å². The monoisotopic (exact) mass is 272 g/mol. The Balaban J connectivity index is 2.51. The molecular formula is C12H13FO4S. The lowest BCUT2D eigenvalue weighted by molar-refractivity contribution is -0.137. The molecule has 0 heterocycles. The van der Waals surface area contributed by atoms with E-state index in [1.165, 1.54) is 18.2 Å². The van der Waals surface area contributed by atoms with E-state index in [1.807, 2.05) is 0 Å². The average Bonchev–Trinajstić information content (AvgIpc) is 2.96. The summed E-state index contributed by atoms with van der Waals surface area (Å²) in [5, 5.41) is 8.83. The van der Waals surface area contributed by atoms with Crippen LogP contribution >= 0.6 is 0 Å². The number of aliphatic carboxylic acids is 1. The average molecular weight is 272 g/mol. The van der Waals surface area contributed by atoms with E-state index in [-0.39, 0.29) is 16.9 Å². The number of carbonyl (C=O) groups is 1. The van der Waals surface area contributed by atoms with Gasteiger partial charge in [0.1, 0.15) is 10.7 Å². The van der Waals surface area contributed by atoms with Crippen molar-refractivity contribution in [1.29, 1.82) is 0 Å². The number of hydrogen-bond donors (Lipinski definition) is 1. The molecule has 0 aromatic heterocycles. The van der Waals surface area contributed by atoms with E-state index >= 15 is 0 Å². The summed E-state index contributed by atoms with van der Waals surface area (Å²) in [6.45, 7) is 0. The molecule has 6 heteroatoms. The van der Waals surface area contributed by atoms with Crippen molar-refractivity contribution < 1.29 is 22.7 Å². The summed E-state index contributed by atoms with van der Waals surface area (Å²) >= 11 is 0. The topological polar surface area (TPSA) is 71.4 Å². The quantitative estimate of drug-likeness (QED) is 0.906. The van der Waals surface area contributed by atoms with Crippen molar-refractivity contribution in [3.8, 4) is 0 Å². The molecule has 1 fully saturated rings. The summed E-state index contributed by atoms with van der Waals surface area (Å²) in [5.41, 5.74) is -0.524. The first kappa shape index (κ1) is 13.0. The van der Waals surface area contributed by atoms with Gasteiger partial charge in [-0.25, -0.2) is 12.8 Å². The highest BCUT2D eigenvalue weighted by Crippen LogP contribution is 2.52. The molecule has 0 saturated heterocycles. The van der Waals surface area contributed by atoms with Crippen molar-refractivity contribution in [2.24, 2.45) is 0 Å². The lowest BCUT2D eigenvalue weighted by atomic mass is 9.92. The third-order valence-corrected chi connectivity index (χ3v) is 4.39. The Hall–Kier alpha value is -1.43. The van der Waals surface area contributed by atoms with E-state index in [2.05, 4.69) is 0 Å². The van der Waals surface area contributed by atoms with Gasteiger partial charge in [-0.05, 0) is 24.5 Å². The van der Waals surface area contributed by atoms with E-state index in [4.69, 9.17) is 5.11 Å². The lowest BCUT2D eigenvalue weighted by Gasteiger charge is -2.15. The first-order valence-corrected chi connectivity index (χ1v) is 7.36. The fourth-order valence-electron chi connectivity index (χ4n) is 2.19. The summed E-state index contributed by atoms with van der Waals surface area (Å²) in [5.74, 6) is -1.81. The zero-order valence-corrected chi connectivity index (χ0v) is 10.6. The molecule has 2 rings (SSSR count). The Morgan fingerprint density at radius 3 is 2.50 bits per heavy atom. The number of carboxylic acids is 1. The maximum Gasteiger partial charge on any atom is 0.304 e. The minimum Gasteiger partial charge on any atom is -0.481 e. The summed E-state index contributed by atoms with van der Waals surface area (Å²) in [7, 11) is -3.64. The van der Waals surface area contributed by atoms with E-state index in [0.29, 0.717) is 12.8 Å². The molecule has 0 bridgehead atoms. The molecule has 1 saturated carbocycles. The van der Waals surface area contributed by atoms with Gasteiger partial charge in [-0.1, -0.05) is 12.1 Å². The highest BCUT2D eigenvalue weighted by atomic mass is 32.2. The van der Waals surface area contributed by atoms with Gasteiger partial charge in [-0.3, -0.25) is 4.79 Å². The van der Waals surface area contributed by atoms with Crippen LogP contribution in [0.15, 0.2) is 23.1 Å². The molecule has 18 heavy (non-hydrogen) atoms. The molecule has 1 aromatic rings. The van der Waals surface area contributed by atoms with Crippen molar-refractivity contribution >= 4 is 15.8 Å². The maximum atomic E-state index is 14.2. The number of halogens is 1. The Morgan fingerprint density at radius 2 is 2.06 bits per heavy atom. The van der Waals surface area contributed by atoms with E-state index in [1.54, 1.807) is 0 Å². The van der Waals surface area contributed by atoms with Gasteiger partial charge in [0.05, 0.1) is 6.42 Å².